The number of benzene rings is 1. The lowest BCUT2D eigenvalue weighted by Crippen LogP contribution is -2.18. The number of hydrogen-bond acceptors (Lipinski definition) is 4. The number of carbonyl (C=O) groups is 2. The second kappa shape index (κ2) is 5.26. The van der Waals surface area contributed by atoms with Crippen LogP contribution in [0.25, 0.3) is 10.9 Å². The zero-order chi connectivity index (χ0) is 13.9. The molecule has 0 atom stereocenters. The lowest BCUT2D eigenvalue weighted by molar-refractivity contribution is -0.116. The fourth-order valence-corrected chi connectivity index (χ4v) is 2.64. The van der Waals surface area contributed by atoms with Crippen LogP contribution in [0.1, 0.15) is 10.4 Å². The van der Waals surface area contributed by atoms with Gasteiger partial charge in [-0.1, -0.05) is 18.2 Å². The maximum Gasteiger partial charge on any atom is 0.246 e. The van der Waals surface area contributed by atoms with Crippen LogP contribution in [0.4, 0.5) is 5.13 Å². The number of carbonyl (C=O) groups excluding carboxylic acids is 2. The van der Waals surface area contributed by atoms with Gasteiger partial charge >= 0.3 is 0 Å². The Labute approximate surface area is 118 Å². The van der Waals surface area contributed by atoms with Gasteiger partial charge in [-0.05, 0) is 6.07 Å². The fraction of sp³-hybridized carbons (Fsp3) is 0.0714. The summed E-state index contributed by atoms with van der Waals surface area (Å²) in [5.41, 5.74) is 1.45. The molecule has 0 aliphatic heterocycles. The molecule has 0 radical (unpaired) electrons. The summed E-state index contributed by atoms with van der Waals surface area (Å²) in [4.78, 5) is 27.0. The van der Waals surface area contributed by atoms with Gasteiger partial charge in [0.25, 0.3) is 0 Å². The van der Waals surface area contributed by atoms with Crippen molar-refractivity contribution in [2.24, 2.45) is 0 Å². The van der Waals surface area contributed by atoms with Crippen molar-refractivity contribution in [3.63, 3.8) is 0 Å². The number of anilines is 1. The van der Waals surface area contributed by atoms with Crippen LogP contribution in [0, 0.1) is 0 Å². The van der Waals surface area contributed by atoms with Gasteiger partial charge in [-0.25, -0.2) is 4.98 Å². The van der Waals surface area contributed by atoms with E-state index in [9.17, 15) is 9.59 Å². The molecule has 3 rings (SSSR count). The quantitative estimate of drug-likeness (QED) is 0.749. The number of nitrogens with zero attached hydrogens (tertiary/aromatic N) is 2. The van der Waals surface area contributed by atoms with Gasteiger partial charge < -0.3 is 9.88 Å². The summed E-state index contributed by atoms with van der Waals surface area (Å²) in [6.07, 6.45) is 4.13. The van der Waals surface area contributed by atoms with E-state index >= 15 is 0 Å². The molecule has 0 unspecified atom stereocenters. The first-order chi connectivity index (χ1) is 9.78. The standard InChI is InChI=1S/C14H11N3O2S/c18-9-10-7-17(12-4-2-1-3-11(10)12)8-13(19)16-14-15-5-6-20-14/h1-7,9H,8H2,(H,15,16,19). The second-order valence-corrected chi connectivity index (χ2v) is 5.13. The Balaban J connectivity index is 1.87. The van der Waals surface area contributed by atoms with E-state index in [0.717, 1.165) is 17.2 Å². The number of thiazole rings is 1. The molecule has 0 spiro atoms. The highest BCUT2D eigenvalue weighted by atomic mass is 32.1. The number of amides is 1. The third-order valence-electron chi connectivity index (χ3n) is 2.94. The van der Waals surface area contributed by atoms with Gasteiger partial charge in [-0.2, -0.15) is 0 Å². The normalized spacial score (nSPS) is 10.6. The SMILES string of the molecule is O=Cc1cn(CC(=O)Nc2nccs2)c2ccccc12. The Morgan fingerprint density at radius 2 is 2.25 bits per heavy atom. The van der Waals surface area contributed by atoms with Gasteiger partial charge in [0.2, 0.25) is 5.91 Å². The summed E-state index contributed by atoms with van der Waals surface area (Å²) in [5, 5.41) is 5.94. The first kappa shape index (κ1) is 12.6. The van der Waals surface area contributed by atoms with Crippen molar-refractivity contribution < 1.29 is 9.59 Å². The Morgan fingerprint density at radius 1 is 1.40 bits per heavy atom. The Kier molecular flexibility index (Phi) is 3.30. The number of fused-ring (bicyclic) bond motifs is 1. The van der Waals surface area contributed by atoms with E-state index in [4.69, 9.17) is 0 Å². The lowest BCUT2D eigenvalue weighted by Gasteiger charge is -2.04. The van der Waals surface area contributed by atoms with Crippen LogP contribution in [-0.4, -0.2) is 21.7 Å². The van der Waals surface area contributed by atoms with Crippen LogP contribution in [0.3, 0.4) is 0 Å². The van der Waals surface area contributed by atoms with Crippen molar-refractivity contribution >= 4 is 39.6 Å². The summed E-state index contributed by atoms with van der Waals surface area (Å²) >= 11 is 1.37. The predicted molar refractivity (Wildman–Crippen MR) is 78.1 cm³/mol. The molecule has 0 aliphatic carbocycles. The molecule has 20 heavy (non-hydrogen) atoms. The third-order valence-corrected chi connectivity index (χ3v) is 3.63. The predicted octanol–water partition coefficient (Wildman–Crippen LogP) is 2.55. The highest BCUT2D eigenvalue weighted by molar-refractivity contribution is 7.13. The van der Waals surface area contributed by atoms with E-state index in [1.807, 2.05) is 24.3 Å². The number of rotatable bonds is 4. The number of nitrogens with one attached hydrogen (secondary N) is 1. The van der Waals surface area contributed by atoms with E-state index in [1.54, 1.807) is 22.3 Å². The molecule has 0 saturated heterocycles. The summed E-state index contributed by atoms with van der Waals surface area (Å²) in [6, 6.07) is 7.51. The minimum Gasteiger partial charge on any atom is -0.337 e. The van der Waals surface area contributed by atoms with E-state index in [1.165, 1.54) is 11.3 Å². The van der Waals surface area contributed by atoms with Gasteiger partial charge in [-0.3, -0.25) is 9.59 Å². The van der Waals surface area contributed by atoms with Crippen LogP contribution in [0.2, 0.25) is 0 Å². The molecule has 3 aromatic rings. The van der Waals surface area contributed by atoms with E-state index < -0.39 is 0 Å². The van der Waals surface area contributed by atoms with Crippen LogP contribution in [-0.2, 0) is 11.3 Å². The maximum absolute atomic E-state index is 12.0. The molecule has 2 aromatic heterocycles. The summed E-state index contributed by atoms with van der Waals surface area (Å²) in [7, 11) is 0. The Hall–Kier alpha value is -2.47. The van der Waals surface area contributed by atoms with Crippen LogP contribution in [0.5, 0.6) is 0 Å². The van der Waals surface area contributed by atoms with Crippen molar-refractivity contribution in [1.29, 1.82) is 0 Å². The fourth-order valence-electron chi connectivity index (χ4n) is 2.10. The lowest BCUT2D eigenvalue weighted by atomic mass is 10.2. The van der Waals surface area contributed by atoms with Crippen molar-refractivity contribution in [3.8, 4) is 0 Å². The molecule has 6 heteroatoms. The molecule has 5 nitrogen and oxygen atoms in total. The summed E-state index contributed by atoms with van der Waals surface area (Å²) in [6.45, 7) is 0.147. The van der Waals surface area contributed by atoms with E-state index in [-0.39, 0.29) is 12.5 Å². The van der Waals surface area contributed by atoms with Gasteiger partial charge in [-0.15, -0.1) is 11.3 Å². The largest absolute Gasteiger partial charge is 0.337 e. The smallest absolute Gasteiger partial charge is 0.246 e. The van der Waals surface area contributed by atoms with Gasteiger partial charge in [0.15, 0.2) is 11.4 Å². The average molecular weight is 285 g/mol. The van der Waals surface area contributed by atoms with Gasteiger partial charge in [0.1, 0.15) is 6.54 Å². The van der Waals surface area contributed by atoms with Crippen molar-refractivity contribution in [3.05, 3.63) is 47.6 Å². The summed E-state index contributed by atoms with van der Waals surface area (Å²) in [5.74, 6) is -0.168. The maximum atomic E-state index is 12.0. The molecule has 0 bridgehead atoms. The minimum atomic E-state index is -0.168. The molecule has 100 valence electrons. The Bertz CT molecular complexity index is 762. The second-order valence-electron chi connectivity index (χ2n) is 4.23. The molecule has 0 aliphatic rings. The van der Waals surface area contributed by atoms with Gasteiger partial charge in [0, 0.05) is 34.2 Å². The number of hydrogen-bond donors (Lipinski definition) is 1. The molecule has 1 aromatic carbocycles. The molecule has 1 amide bonds. The zero-order valence-electron chi connectivity index (χ0n) is 10.4. The number of para-hydroxylation sites is 1. The number of aromatic nitrogens is 2. The van der Waals surface area contributed by atoms with Crippen LogP contribution >= 0.6 is 11.3 Å². The molecule has 2 heterocycles. The molecular weight excluding hydrogens is 274 g/mol. The number of aldehydes is 1. The highest BCUT2D eigenvalue weighted by Crippen LogP contribution is 2.20. The van der Waals surface area contributed by atoms with Crippen LogP contribution in [0.15, 0.2) is 42.0 Å². The monoisotopic (exact) mass is 285 g/mol. The summed E-state index contributed by atoms with van der Waals surface area (Å²) < 4.78 is 1.77. The topological polar surface area (TPSA) is 64.0 Å². The Morgan fingerprint density at radius 3 is 3.00 bits per heavy atom. The van der Waals surface area contributed by atoms with E-state index in [2.05, 4.69) is 10.3 Å². The minimum absolute atomic E-state index is 0.147. The van der Waals surface area contributed by atoms with Gasteiger partial charge in [0.05, 0.1) is 0 Å². The molecular formula is C14H11N3O2S. The molecule has 1 N–H and O–H groups in total. The molecule has 0 fully saturated rings. The first-order valence-corrected chi connectivity index (χ1v) is 6.88. The highest BCUT2D eigenvalue weighted by Gasteiger charge is 2.11. The van der Waals surface area contributed by atoms with Crippen molar-refractivity contribution in [2.75, 3.05) is 5.32 Å². The molecule has 0 saturated carbocycles. The average Bonchev–Trinajstić information content (AvgIpc) is 3.07. The van der Waals surface area contributed by atoms with Crippen LogP contribution < -0.4 is 5.32 Å². The zero-order valence-corrected chi connectivity index (χ0v) is 11.3. The van der Waals surface area contributed by atoms with Crippen molar-refractivity contribution in [1.82, 2.24) is 9.55 Å². The first-order valence-electron chi connectivity index (χ1n) is 6.00. The van der Waals surface area contributed by atoms with Crippen molar-refractivity contribution in [2.45, 2.75) is 6.54 Å². The van der Waals surface area contributed by atoms with E-state index in [0.29, 0.717) is 10.7 Å². The third kappa shape index (κ3) is 2.33.